The van der Waals surface area contributed by atoms with Gasteiger partial charge in [-0.25, -0.2) is 0 Å². The van der Waals surface area contributed by atoms with Crippen LogP contribution in [0.5, 0.6) is 5.75 Å². The Hall–Kier alpha value is -2.02. The second kappa shape index (κ2) is 5.75. The average Bonchev–Trinajstić information content (AvgIpc) is 2.75. The van der Waals surface area contributed by atoms with Crippen LogP contribution in [0.2, 0.25) is 5.02 Å². The number of halogens is 1. The zero-order valence-electron chi connectivity index (χ0n) is 10.7. The maximum absolute atomic E-state index is 6.14. The van der Waals surface area contributed by atoms with E-state index in [1.807, 2.05) is 32.0 Å². The van der Waals surface area contributed by atoms with Crippen molar-refractivity contribution in [1.82, 2.24) is 20.3 Å². The fourth-order valence-electron chi connectivity index (χ4n) is 1.48. The molecule has 1 heterocycles. The first-order valence-corrected chi connectivity index (χ1v) is 6.17. The SMILES string of the molecule is CC(C)Oc1ccc(CNn2nnnc2N)cc1Cl. The fourth-order valence-corrected chi connectivity index (χ4v) is 1.72. The summed E-state index contributed by atoms with van der Waals surface area (Å²) in [7, 11) is 0. The van der Waals surface area contributed by atoms with Crippen LogP contribution >= 0.6 is 11.6 Å². The minimum absolute atomic E-state index is 0.0856. The molecule has 1 aromatic heterocycles. The first-order chi connectivity index (χ1) is 9.06. The molecule has 2 aromatic rings. The predicted molar refractivity (Wildman–Crippen MR) is 72.5 cm³/mol. The van der Waals surface area contributed by atoms with Gasteiger partial charge in [-0.05, 0) is 42.0 Å². The molecule has 0 bridgehead atoms. The number of ether oxygens (including phenoxy) is 1. The Labute approximate surface area is 115 Å². The number of benzene rings is 1. The van der Waals surface area contributed by atoms with Crippen LogP contribution in [0.15, 0.2) is 18.2 Å². The fraction of sp³-hybridized carbons (Fsp3) is 0.364. The molecule has 1 aromatic carbocycles. The minimum atomic E-state index is 0.0856. The smallest absolute Gasteiger partial charge is 0.260 e. The zero-order valence-corrected chi connectivity index (χ0v) is 11.4. The standard InChI is InChI=1S/C11H15ClN6O/c1-7(2)19-10-4-3-8(5-9(10)12)6-14-18-11(13)15-16-17-18/h3-5,7,14H,6H2,1-2H3,(H2,13,15,17). The molecule has 0 saturated heterocycles. The molecule has 0 saturated carbocycles. The third kappa shape index (κ3) is 3.47. The molecule has 7 nitrogen and oxygen atoms in total. The van der Waals surface area contributed by atoms with Crippen molar-refractivity contribution in [2.45, 2.75) is 26.5 Å². The van der Waals surface area contributed by atoms with Crippen molar-refractivity contribution in [2.24, 2.45) is 0 Å². The predicted octanol–water partition coefficient (Wildman–Crippen LogP) is 1.44. The third-order valence-electron chi connectivity index (χ3n) is 2.29. The summed E-state index contributed by atoms with van der Waals surface area (Å²) in [4.78, 5) is 1.30. The molecule has 19 heavy (non-hydrogen) atoms. The summed E-state index contributed by atoms with van der Waals surface area (Å²) in [5.74, 6) is 0.869. The van der Waals surface area contributed by atoms with Gasteiger partial charge in [-0.3, -0.25) is 0 Å². The Bertz CT molecular complexity index is 556. The molecule has 0 aliphatic heterocycles. The van der Waals surface area contributed by atoms with Crippen molar-refractivity contribution in [3.63, 3.8) is 0 Å². The average molecular weight is 283 g/mol. The number of nitrogen functional groups attached to an aromatic ring is 1. The highest BCUT2D eigenvalue weighted by molar-refractivity contribution is 6.32. The Morgan fingerprint density at radius 1 is 1.47 bits per heavy atom. The number of rotatable bonds is 5. The quantitative estimate of drug-likeness (QED) is 0.862. The molecule has 102 valence electrons. The van der Waals surface area contributed by atoms with Gasteiger partial charge in [0, 0.05) is 0 Å². The van der Waals surface area contributed by atoms with Gasteiger partial charge in [-0.1, -0.05) is 22.8 Å². The number of tetrazole rings is 1. The van der Waals surface area contributed by atoms with Crippen LogP contribution < -0.4 is 15.9 Å². The molecule has 0 spiro atoms. The van der Waals surface area contributed by atoms with E-state index in [1.54, 1.807) is 0 Å². The molecule has 0 amide bonds. The van der Waals surface area contributed by atoms with E-state index >= 15 is 0 Å². The lowest BCUT2D eigenvalue weighted by atomic mass is 10.2. The number of nitrogens with one attached hydrogen (secondary N) is 1. The molecule has 0 aliphatic rings. The maximum Gasteiger partial charge on any atom is 0.260 e. The lowest BCUT2D eigenvalue weighted by Gasteiger charge is -2.12. The number of hydrogen-bond acceptors (Lipinski definition) is 6. The highest BCUT2D eigenvalue weighted by Gasteiger charge is 2.06. The van der Waals surface area contributed by atoms with Gasteiger partial charge < -0.3 is 15.9 Å². The van der Waals surface area contributed by atoms with E-state index in [0.29, 0.717) is 17.3 Å². The van der Waals surface area contributed by atoms with E-state index in [9.17, 15) is 0 Å². The Morgan fingerprint density at radius 3 is 2.84 bits per heavy atom. The summed E-state index contributed by atoms with van der Waals surface area (Å²) in [6.07, 6.45) is 0.0856. The van der Waals surface area contributed by atoms with Crippen LogP contribution in [-0.2, 0) is 6.54 Å². The normalized spacial score (nSPS) is 10.7. The summed E-state index contributed by atoms with van der Waals surface area (Å²) >= 11 is 6.14. The Kier molecular flexibility index (Phi) is 4.06. The molecular formula is C11H15ClN6O. The molecular weight excluding hydrogens is 268 g/mol. The van der Waals surface area contributed by atoms with Crippen molar-refractivity contribution < 1.29 is 4.74 Å². The van der Waals surface area contributed by atoms with E-state index in [0.717, 1.165) is 5.56 Å². The van der Waals surface area contributed by atoms with Crippen molar-refractivity contribution in [3.8, 4) is 5.75 Å². The van der Waals surface area contributed by atoms with Gasteiger partial charge in [0.2, 0.25) is 0 Å². The second-order valence-corrected chi connectivity index (χ2v) is 4.62. The van der Waals surface area contributed by atoms with E-state index in [-0.39, 0.29) is 12.1 Å². The lowest BCUT2D eigenvalue weighted by molar-refractivity contribution is 0.242. The van der Waals surface area contributed by atoms with Gasteiger partial charge in [-0.15, -0.1) is 4.79 Å². The highest BCUT2D eigenvalue weighted by atomic mass is 35.5. The maximum atomic E-state index is 6.14. The van der Waals surface area contributed by atoms with E-state index < -0.39 is 0 Å². The molecule has 3 N–H and O–H groups in total. The monoisotopic (exact) mass is 282 g/mol. The lowest BCUT2D eigenvalue weighted by Crippen LogP contribution is -2.18. The first-order valence-electron chi connectivity index (χ1n) is 5.79. The molecule has 0 fully saturated rings. The first kappa shape index (κ1) is 13.4. The van der Waals surface area contributed by atoms with Crippen LogP contribution in [0.4, 0.5) is 5.95 Å². The summed E-state index contributed by atoms with van der Waals surface area (Å²) in [6.45, 7) is 4.40. The van der Waals surface area contributed by atoms with Crippen LogP contribution in [0.3, 0.4) is 0 Å². The van der Waals surface area contributed by atoms with Crippen molar-refractivity contribution in [2.75, 3.05) is 11.2 Å². The molecule has 8 heteroatoms. The topological polar surface area (TPSA) is 90.9 Å². The van der Waals surface area contributed by atoms with Crippen molar-refractivity contribution in [1.29, 1.82) is 0 Å². The number of nitrogens with zero attached hydrogens (tertiary/aromatic N) is 4. The minimum Gasteiger partial charge on any atom is -0.489 e. The highest BCUT2D eigenvalue weighted by Crippen LogP contribution is 2.26. The van der Waals surface area contributed by atoms with E-state index in [1.165, 1.54) is 4.79 Å². The number of aromatic nitrogens is 4. The van der Waals surface area contributed by atoms with Crippen LogP contribution in [-0.4, -0.2) is 26.4 Å². The van der Waals surface area contributed by atoms with Crippen LogP contribution in [0.25, 0.3) is 0 Å². The van der Waals surface area contributed by atoms with E-state index in [4.69, 9.17) is 22.1 Å². The molecule has 0 atom stereocenters. The van der Waals surface area contributed by atoms with Gasteiger partial charge in [-0.2, -0.15) is 0 Å². The summed E-state index contributed by atoms with van der Waals surface area (Å²) in [5.41, 5.74) is 9.45. The van der Waals surface area contributed by atoms with Gasteiger partial charge in [0.25, 0.3) is 5.95 Å². The number of anilines is 1. The largest absolute Gasteiger partial charge is 0.489 e. The van der Waals surface area contributed by atoms with E-state index in [2.05, 4.69) is 21.0 Å². The summed E-state index contributed by atoms with van der Waals surface area (Å²) < 4.78 is 5.56. The third-order valence-corrected chi connectivity index (χ3v) is 2.58. The number of hydrogen-bond donors (Lipinski definition) is 2. The van der Waals surface area contributed by atoms with Crippen molar-refractivity contribution >= 4 is 17.5 Å². The van der Waals surface area contributed by atoms with Gasteiger partial charge >= 0.3 is 0 Å². The van der Waals surface area contributed by atoms with Crippen LogP contribution in [0.1, 0.15) is 19.4 Å². The second-order valence-electron chi connectivity index (χ2n) is 4.22. The van der Waals surface area contributed by atoms with Gasteiger partial charge in [0.1, 0.15) is 5.75 Å². The summed E-state index contributed by atoms with van der Waals surface area (Å²) in [5, 5.41) is 11.2. The molecule has 2 rings (SSSR count). The molecule has 0 radical (unpaired) electrons. The van der Waals surface area contributed by atoms with Gasteiger partial charge in [0.05, 0.1) is 17.7 Å². The Balaban J connectivity index is 2.02. The van der Waals surface area contributed by atoms with Gasteiger partial charge in [0.15, 0.2) is 0 Å². The Morgan fingerprint density at radius 2 is 2.26 bits per heavy atom. The molecule has 0 unspecified atom stereocenters. The van der Waals surface area contributed by atoms with Crippen LogP contribution in [0, 0.1) is 0 Å². The van der Waals surface area contributed by atoms with Crippen molar-refractivity contribution in [3.05, 3.63) is 28.8 Å². The zero-order chi connectivity index (χ0) is 13.8. The molecule has 0 aliphatic carbocycles. The summed E-state index contributed by atoms with van der Waals surface area (Å²) in [6, 6.07) is 5.58. The number of nitrogens with two attached hydrogens (primary N) is 1.